The molecule has 0 aromatic heterocycles. The van der Waals surface area contributed by atoms with Crippen LogP contribution in [0.3, 0.4) is 0 Å². The monoisotopic (exact) mass is 274 g/mol. The summed E-state index contributed by atoms with van der Waals surface area (Å²) in [7, 11) is 2.23. The molecule has 1 aliphatic carbocycles. The highest BCUT2D eigenvalue weighted by Gasteiger charge is 2.15. The quantitative estimate of drug-likeness (QED) is 0.850. The molecule has 0 bridgehead atoms. The molecule has 1 aromatic carbocycles. The predicted octanol–water partition coefficient (Wildman–Crippen LogP) is 3.74. The largest absolute Gasteiger partial charge is 0.312 e. The first kappa shape index (κ1) is 15.5. The van der Waals surface area contributed by atoms with Crippen molar-refractivity contribution in [3.63, 3.8) is 0 Å². The molecule has 1 unspecified atom stereocenters. The summed E-state index contributed by atoms with van der Waals surface area (Å²) in [6.07, 6.45) is 6.99. The van der Waals surface area contributed by atoms with Gasteiger partial charge in [-0.15, -0.1) is 0 Å². The first-order valence-electron chi connectivity index (χ1n) is 8.14. The van der Waals surface area contributed by atoms with E-state index in [1.807, 2.05) is 0 Å². The van der Waals surface area contributed by atoms with Crippen LogP contribution in [0.1, 0.15) is 50.2 Å². The van der Waals surface area contributed by atoms with Crippen LogP contribution in [0.5, 0.6) is 0 Å². The zero-order valence-electron chi connectivity index (χ0n) is 13.4. The van der Waals surface area contributed by atoms with Crippen molar-refractivity contribution in [1.82, 2.24) is 10.2 Å². The van der Waals surface area contributed by atoms with E-state index in [0.29, 0.717) is 6.04 Å². The summed E-state index contributed by atoms with van der Waals surface area (Å²) in [5.74, 6) is 0. The Labute approximate surface area is 124 Å². The van der Waals surface area contributed by atoms with Gasteiger partial charge in [0.2, 0.25) is 0 Å². The summed E-state index contributed by atoms with van der Waals surface area (Å²) >= 11 is 0. The van der Waals surface area contributed by atoms with Crippen LogP contribution in [0.25, 0.3) is 0 Å². The van der Waals surface area contributed by atoms with Gasteiger partial charge >= 0.3 is 0 Å². The van der Waals surface area contributed by atoms with Crippen LogP contribution in [0.2, 0.25) is 0 Å². The fourth-order valence-corrected chi connectivity index (χ4v) is 2.94. The Morgan fingerprint density at radius 2 is 1.80 bits per heavy atom. The van der Waals surface area contributed by atoms with E-state index in [-0.39, 0.29) is 0 Å². The number of hydrogen-bond acceptors (Lipinski definition) is 2. The fourth-order valence-electron chi connectivity index (χ4n) is 2.94. The van der Waals surface area contributed by atoms with Crippen LogP contribution >= 0.6 is 0 Å². The molecule has 2 nitrogen and oxygen atoms in total. The molecule has 1 atom stereocenters. The van der Waals surface area contributed by atoms with Gasteiger partial charge in [-0.25, -0.2) is 0 Å². The molecule has 0 amide bonds. The molecule has 1 aromatic rings. The Balaban J connectivity index is 1.73. The van der Waals surface area contributed by atoms with Gasteiger partial charge in [0, 0.05) is 25.2 Å². The minimum atomic E-state index is 0.582. The van der Waals surface area contributed by atoms with Gasteiger partial charge in [0.25, 0.3) is 0 Å². The number of rotatable bonds is 6. The van der Waals surface area contributed by atoms with E-state index >= 15 is 0 Å². The lowest BCUT2D eigenvalue weighted by Crippen LogP contribution is -2.42. The fraction of sp³-hybridized carbons (Fsp3) is 0.667. The molecule has 0 aliphatic heterocycles. The van der Waals surface area contributed by atoms with E-state index in [1.165, 1.54) is 43.2 Å². The van der Waals surface area contributed by atoms with Crippen molar-refractivity contribution in [2.24, 2.45) is 0 Å². The second kappa shape index (κ2) is 7.80. The Morgan fingerprint density at radius 1 is 1.15 bits per heavy atom. The average molecular weight is 274 g/mol. The second-order valence-electron chi connectivity index (χ2n) is 6.49. The molecular weight excluding hydrogens is 244 g/mol. The molecule has 1 aliphatic rings. The lowest BCUT2D eigenvalue weighted by Gasteiger charge is -2.29. The van der Waals surface area contributed by atoms with E-state index < -0.39 is 0 Å². The summed E-state index contributed by atoms with van der Waals surface area (Å²) in [5, 5.41) is 3.76. The van der Waals surface area contributed by atoms with Crippen molar-refractivity contribution >= 4 is 0 Å². The van der Waals surface area contributed by atoms with E-state index in [0.717, 1.165) is 19.1 Å². The number of nitrogens with one attached hydrogen (secondary N) is 1. The summed E-state index contributed by atoms with van der Waals surface area (Å²) in [6, 6.07) is 10.2. The van der Waals surface area contributed by atoms with Crippen molar-refractivity contribution in [3.8, 4) is 0 Å². The topological polar surface area (TPSA) is 15.3 Å². The van der Waals surface area contributed by atoms with Crippen molar-refractivity contribution < 1.29 is 0 Å². The van der Waals surface area contributed by atoms with E-state index in [4.69, 9.17) is 0 Å². The van der Waals surface area contributed by atoms with E-state index in [2.05, 4.69) is 55.4 Å². The van der Waals surface area contributed by atoms with E-state index in [1.54, 1.807) is 0 Å². The number of benzene rings is 1. The molecule has 112 valence electrons. The van der Waals surface area contributed by atoms with Crippen LogP contribution in [0.4, 0.5) is 0 Å². The van der Waals surface area contributed by atoms with Gasteiger partial charge in [0.1, 0.15) is 0 Å². The molecule has 0 saturated heterocycles. The molecule has 2 heteroatoms. The molecule has 1 N–H and O–H groups in total. The third-order valence-electron chi connectivity index (χ3n) is 4.61. The van der Waals surface area contributed by atoms with Crippen LogP contribution in [-0.2, 0) is 6.54 Å². The predicted molar refractivity (Wildman–Crippen MR) is 87.0 cm³/mol. The first-order valence-corrected chi connectivity index (χ1v) is 8.14. The SMILES string of the molecule is Cc1ccc(CN(C)C(C)CNC2CCCCC2)cc1. The highest BCUT2D eigenvalue weighted by molar-refractivity contribution is 5.21. The standard InChI is InChI=1S/C18H30N2/c1-15-9-11-17(12-10-15)14-20(3)16(2)13-19-18-7-5-4-6-8-18/h9-12,16,18-19H,4-8,13-14H2,1-3H3. The van der Waals surface area contributed by atoms with Crippen LogP contribution in [0.15, 0.2) is 24.3 Å². The molecular formula is C18H30N2. The number of hydrogen-bond donors (Lipinski definition) is 1. The van der Waals surface area contributed by atoms with Gasteiger partial charge in [-0.05, 0) is 39.3 Å². The maximum absolute atomic E-state index is 3.76. The molecule has 0 heterocycles. The maximum Gasteiger partial charge on any atom is 0.0234 e. The third-order valence-corrected chi connectivity index (χ3v) is 4.61. The lowest BCUT2D eigenvalue weighted by molar-refractivity contribution is 0.230. The van der Waals surface area contributed by atoms with Gasteiger partial charge in [0.05, 0.1) is 0 Å². The Hall–Kier alpha value is -0.860. The zero-order chi connectivity index (χ0) is 14.4. The first-order chi connectivity index (χ1) is 9.65. The smallest absolute Gasteiger partial charge is 0.0234 e. The summed E-state index contributed by atoms with van der Waals surface area (Å²) in [6.45, 7) is 6.61. The van der Waals surface area contributed by atoms with Gasteiger partial charge < -0.3 is 5.32 Å². The minimum absolute atomic E-state index is 0.582. The highest BCUT2D eigenvalue weighted by atomic mass is 15.1. The van der Waals surface area contributed by atoms with Gasteiger partial charge in [-0.2, -0.15) is 0 Å². The molecule has 1 saturated carbocycles. The second-order valence-corrected chi connectivity index (χ2v) is 6.49. The summed E-state index contributed by atoms with van der Waals surface area (Å²) in [5.41, 5.74) is 2.74. The lowest BCUT2D eigenvalue weighted by atomic mass is 9.95. The Morgan fingerprint density at radius 3 is 2.45 bits per heavy atom. The van der Waals surface area contributed by atoms with Crippen LogP contribution < -0.4 is 5.32 Å². The Kier molecular flexibility index (Phi) is 6.06. The Bertz CT molecular complexity index is 379. The maximum atomic E-state index is 3.76. The van der Waals surface area contributed by atoms with Crippen molar-refractivity contribution in [3.05, 3.63) is 35.4 Å². The van der Waals surface area contributed by atoms with E-state index in [9.17, 15) is 0 Å². The average Bonchev–Trinajstić information content (AvgIpc) is 2.48. The number of aryl methyl sites for hydroxylation is 1. The minimum Gasteiger partial charge on any atom is -0.312 e. The zero-order valence-corrected chi connectivity index (χ0v) is 13.4. The molecule has 2 rings (SSSR count). The molecule has 0 spiro atoms. The van der Waals surface area contributed by atoms with Gasteiger partial charge in [-0.1, -0.05) is 49.1 Å². The summed E-state index contributed by atoms with van der Waals surface area (Å²) < 4.78 is 0. The van der Waals surface area contributed by atoms with Gasteiger partial charge in [0.15, 0.2) is 0 Å². The van der Waals surface area contributed by atoms with Crippen molar-refractivity contribution in [2.45, 2.75) is 64.6 Å². The van der Waals surface area contributed by atoms with Crippen molar-refractivity contribution in [1.29, 1.82) is 0 Å². The third kappa shape index (κ3) is 4.92. The summed E-state index contributed by atoms with van der Waals surface area (Å²) in [4.78, 5) is 2.44. The number of likely N-dealkylation sites (N-methyl/N-ethyl adjacent to an activating group) is 1. The van der Waals surface area contributed by atoms with Crippen LogP contribution in [-0.4, -0.2) is 30.6 Å². The van der Waals surface area contributed by atoms with Gasteiger partial charge in [-0.3, -0.25) is 4.90 Å². The molecule has 20 heavy (non-hydrogen) atoms. The molecule has 0 radical (unpaired) electrons. The molecule has 1 fully saturated rings. The number of nitrogens with zero attached hydrogens (tertiary/aromatic N) is 1. The van der Waals surface area contributed by atoms with Crippen LogP contribution in [0, 0.1) is 6.92 Å². The normalized spacial score (nSPS) is 18.4. The van der Waals surface area contributed by atoms with Crippen molar-refractivity contribution in [2.75, 3.05) is 13.6 Å². The highest BCUT2D eigenvalue weighted by Crippen LogP contribution is 2.17.